The van der Waals surface area contributed by atoms with Gasteiger partial charge in [-0.3, -0.25) is 0 Å². The molecule has 0 radical (unpaired) electrons. The summed E-state index contributed by atoms with van der Waals surface area (Å²) in [6, 6.07) is 14.5. The van der Waals surface area contributed by atoms with E-state index in [1.165, 1.54) is 25.5 Å². The molecule has 5 nitrogen and oxygen atoms in total. The maximum Gasteiger partial charge on any atom is 0.356 e. The van der Waals surface area contributed by atoms with Gasteiger partial charge in [0.2, 0.25) is 17.3 Å². The van der Waals surface area contributed by atoms with E-state index in [4.69, 9.17) is 21.1 Å². The number of halogens is 6. The van der Waals surface area contributed by atoms with E-state index in [0.717, 1.165) is 0 Å². The van der Waals surface area contributed by atoms with Gasteiger partial charge in [-0.15, -0.1) is 0 Å². The molecule has 0 fully saturated rings. The molecule has 0 atom stereocenters. The Morgan fingerprint density at radius 1 is 0.868 bits per heavy atom. The number of rotatable bonds is 7. The number of benzene rings is 3. The van der Waals surface area contributed by atoms with Crippen molar-refractivity contribution in [1.29, 1.82) is 0 Å². The van der Waals surface area contributed by atoms with Crippen LogP contribution in [0.3, 0.4) is 0 Å². The van der Waals surface area contributed by atoms with Crippen molar-refractivity contribution in [3.63, 3.8) is 0 Å². The van der Waals surface area contributed by atoms with Crippen LogP contribution in [0, 0.1) is 36.0 Å². The van der Waals surface area contributed by atoms with Gasteiger partial charge in [0.05, 0.1) is 21.2 Å². The fraction of sp³-hybridized carbons (Fsp3) is 0.154. The molecular weight excluding hydrogens is 551 g/mol. The second kappa shape index (κ2) is 10.7. The summed E-state index contributed by atoms with van der Waals surface area (Å²) in [5, 5.41) is 4.74. The SMILES string of the molecule is Cc1nn(-c2ccccc2)c(OC(=O)C(C)(C)Oc2ccc(Cl)cc2)c1Sc1c(F)c(F)c(F)c(F)c1F. The summed E-state index contributed by atoms with van der Waals surface area (Å²) < 4.78 is 82.9. The highest BCUT2D eigenvalue weighted by Gasteiger charge is 2.36. The quantitative estimate of drug-likeness (QED) is 0.100. The van der Waals surface area contributed by atoms with Crippen LogP contribution in [-0.2, 0) is 4.79 Å². The molecule has 0 bridgehead atoms. The number of ether oxygens (including phenoxy) is 2. The number of carbonyl (C=O) groups is 1. The lowest BCUT2D eigenvalue weighted by molar-refractivity contribution is -0.149. The van der Waals surface area contributed by atoms with Crippen molar-refractivity contribution in [3.8, 4) is 17.3 Å². The number of aryl methyl sites for hydroxylation is 1. The molecule has 0 aliphatic rings. The lowest BCUT2D eigenvalue weighted by Crippen LogP contribution is -2.41. The van der Waals surface area contributed by atoms with Gasteiger partial charge in [-0.05, 0) is 57.2 Å². The Balaban J connectivity index is 1.78. The largest absolute Gasteiger partial charge is 0.476 e. The van der Waals surface area contributed by atoms with Crippen LogP contribution in [0.25, 0.3) is 5.69 Å². The molecule has 12 heteroatoms. The molecule has 0 aliphatic carbocycles. The summed E-state index contributed by atoms with van der Waals surface area (Å²) in [5.74, 6) is -11.5. The number of carbonyl (C=O) groups excluding carboxylic acids is 1. The lowest BCUT2D eigenvalue weighted by Gasteiger charge is -2.24. The zero-order chi connectivity index (χ0) is 27.8. The molecule has 0 amide bonds. The van der Waals surface area contributed by atoms with Crippen molar-refractivity contribution in [3.05, 3.63) is 94.4 Å². The summed E-state index contributed by atoms with van der Waals surface area (Å²) in [4.78, 5) is 11.9. The molecule has 0 spiro atoms. The first kappa shape index (κ1) is 27.5. The first-order valence-electron chi connectivity index (χ1n) is 10.9. The van der Waals surface area contributed by atoms with Crippen LogP contribution in [-0.4, -0.2) is 21.4 Å². The summed E-state index contributed by atoms with van der Waals surface area (Å²) in [5.41, 5.74) is -1.08. The highest BCUT2D eigenvalue weighted by Crippen LogP contribution is 2.43. The molecule has 0 saturated carbocycles. The molecule has 4 aromatic rings. The number of para-hydroxylation sites is 1. The minimum atomic E-state index is -2.28. The molecule has 198 valence electrons. The molecule has 1 heterocycles. The van der Waals surface area contributed by atoms with Crippen LogP contribution >= 0.6 is 23.4 Å². The summed E-state index contributed by atoms with van der Waals surface area (Å²) in [7, 11) is 0. The fourth-order valence-electron chi connectivity index (χ4n) is 3.27. The van der Waals surface area contributed by atoms with Crippen molar-refractivity contribution >= 4 is 29.3 Å². The van der Waals surface area contributed by atoms with Gasteiger partial charge in [0.15, 0.2) is 23.3 Å². The van der Waals surface area contributed by atoms with Gasteiger partial charge >= 0.3 is 5.97 Å². The lowest BCUT2D eigenvalue weighted by atomic mass is 10.1. The number of esters is 1. The van der Waals surface area contributed by atoms with E-state index < -0.39 is 45.6 Å². The van der Waals surface area contributed by atoms with Crippen LogP contribution in [0.2, 0.25) is 5.02 Å². The third-order valence-corrected chi connectivity index (χ3v) is 6.70. The van der Waals surface area contributed by atoms with Crippen molar-refractivity contribution < 1.29 is 36.2 Å². The predicted molar refractivity (Wildman–Crippen MR) is 130 cm³/mol. The standard InChI is InChI=1S/C26H18ClF5N2O3S/c1-13-22(38-23-20(31)18(29)17(28)19(30)21(23)32)24(34(33-13)15-7-5-4-6-8-15)36-25(35)26(2,3)37-16-11-9-14(27)10-12-16/h4-12H,1-3H3. The van der Waals surface area contributed by atoms with Gasteiger partial charge < -0.3 is 9.47 Å². The summed E-state index contributed by atoms with van der Waals surface area (Å²) in [6.45, 7) is 4.29. The van der Waals surface area contributed by atoms with Crippen molar-refractivity contribution in [2.24, 2.45) is 0 Å². The third-order valence-electron chi connectivity index (χ3n) is 5.21. The molecule has 0 N–H and O–H groups in total. The molecule has 0 saturated heterocycles. The van der Waals surface area contributed by atoms with Gasteiger partial charge in [0, 0.05) is 5.02 Å². The molecule has 0 aliphatic heterocycles. The van der Waals surface area contributed by atoms with Crippen LogP contribution in [0.5, 0.6) is 11.6 Å². The maximum absolute atomic E-state index is 14.5. The molecule has 3 aromatic carbocycles. The minimum Gasteiger partial charge on any atom is -0.476 e. The predicted octanol–water partition coefficient (Wildman–Crippen LogP) is 7.44. The van der Waals surface area contributed by atoms with E-state index >= 15 is 0 Å². The van der Waals surface area contributed by atoms with Crippen LogP contribution < -0.4 is 9.47 Å². The van der Waals surface area contributed by atoms with Crippen molar-refractivity contribution in [1.82, 2.24) is 9.78 Å². The minimum absolute atomic E-state index is 0.0991. The topological polar surface area (TPSA) is 53.4 Å². The fourth-order valence-corrected chi connectivity index (χ4v) is 4.36. The second-order valence-corrected chi connectivity index (χ2v) is 9.88. The molecule has 38 heavy (non-hydrogen) atoms. The Morgan fingerprint density at radius 3 is 2.00 bits per heavy atom. The van der Waals surface area contributed by atoms with Crippen molar-refractivity contribution in [2.45, 2.75) is 36.2 Å². The van der Waals surface area contributed by atoms with E-state index in [0.29, 0.717) is 16.5 Å². The van der Waals surface area contributed by atoms with E-state index in [9.17, 15) is 26.7 Å². The Kier molecular flexibility index (Phi) is 7.70. The zero-order valence-electron chi connectivity index (χ0n) is 20.0. The van der Waals surface area contributed by atoms with Gasteiger partial charge in [-0.1, -0.05) is 41.6 Å². The highest BCUT2D eigenvalue weighted by molar-refractivity contribution is 7.99. The van der Waals surface area contributed by atoms with E-state index in [-0.39, 0.29) is 28.2 Å². The Morgan fingerprint density at radius 2 is 1.42 bits per heavy atom. The van der Waals surface area contributed by atoms with Crippen molar-refractivity contribution in [2.75, 3.05) is 0 Å². The van der Waals surface area contributed by atoms with Gasteiger partial charge in [0.25, 0.3) is 0 Å². The highest BCUT2D eigenvalue weighted by atomic mass is 35.5. The van der Waals surface area contributed by atoms with E-state index in [2.05, 4.69) is 5.10 Å². The van der Waals surface area contributed by atoms with Gasteiger partial charge in [-0.25, -0.2) is 26.7 Å². The normalized spacial score (nSPS) is 11.5. The number of aromatic nitrogens is 2. The van der Waals surface area contributed by atoms with Crippen LogP contribution in [0.1, 0.15) is 19.5 Å². The Bertz CT molecular complexity index is 1480. The smallest absolute Gasteiger partial charge is 0.356 e. The molecule has 4 rings (SSSR count). The monoisotopic (exact) mass is 568 g/mol. The zero-order valence-corrected chi connectivity index (χ0v) is 21.6. The average molecular weight is 569 g/mol. The average Bonchev–Trinajstić information content (AvgIpc) is 3.20. The number of hydrogen-bond acceptors (Lipinski definition) is 5. The first-order valence-corrected chi connectivity index (χ1v) is 12.1. The van der Waals surface area contributed by atoms with Crippen LogP contribution in [0.4, 0.5) is 22.0 Å². The maximum atomic E-state index is 14.5. The van der Waals surface area contributed by atoms with Crippen LogP contribution in [0.15, 0.2) is 64.4 Å². The first-order chi connectivity index (χ1) is 17.9. The third kappa shape index (κ3) is 5.34. The number of nitrogens with zero attached hydrogens (tertiary/aromatic N) is 2. The number of hydrogen-bond donors (Lipinski definition) is 0. The summed E-state index contributed by atoms with van der Waals surface area (Å²) >= 11 is 6.08. The Hall–Kier alpha value is -3.57. The van der Waals surface area contributed by atoms with Gasteiger partial charge in [0.1, 0.15) is 5.75 Å². The summed E-state index contributed by atoms with van der Waals surface area (Å²) in [6.07, 6.45) is 0. The Labute approximate surface area is 223 Å². The second-order valence-electron chi connectivity index (χ2n) is 8.42. The van der Waals surface area contributed by atoms with E-state index in [1.54, 1.807) is 54.6 Å². The molecule has 1 aromatic heterocycles. The molecule has 0 unspecified atom stereocenters. The molecular formula is C26H18ClF5N2O3S. The van der Waals surface area contributed by atoms with E-state index in [1.807, 2.05) is 0 Å². The van der Waals surface area contributed by atoms with Gasteiger partial charge in [-0.2, -0.15) is 9.78 Å².